The Balaban J connectivity index is 0.00000442. The lowest BCUT2D eigenvalue weighted by atomic mass is 10.2. The summed E-state index contributed by atoms with van der Waals surface area (Å²) in [7, 11) is -2.20. The van der Waals surface area contributed by atoms with Gasteiger partial charge in [-0.2, -0.15) is 4.31 Å². The molecule has 2 aliphatic rings. The number of fused-ring (bicyclic) bond motifs is 1. The number of hydrogen-bond donors (Lipinski definition) is 0. The summed E-state index contributed by atoms with van der Waals surface area (Å²) in [6.45, 7) is 7.26. The van der Waals surface area contributed by atoms with Crippen molar-refractivity contribution in [3.63, 3.8) is 0 Å². The van der Waals surface area contributed by atoms with Crippen LogP contribution >= 0.6 is 23.7 Å². The normalized spacial score (nSPS) is 16.4. The van der Waals surface area contributed by atoms with Gasteiger partial charge in [0, 0.05) is 64.0 Å². The van der Waals surface area contributed by atoms with Gasteiger partial charge in [-0.15, -0.1) is 12.4 Å². The zero-order chi connectivity index (χ0) is 30.4. The summed E-state index contributed by atoms with van der Waals surface area (Å²) < 4.78 is 44.8. The number of halogens is 1. The molecule has 44 heavy (non-hydrogen) atoms. The van der Waals surface area contributed by atoms with Crippen LogP contribution < -0.4 is 9.64 Å². The van der Waals surface area contributed by atoms with Crippen LogP contribution in [0.15, 0.2) is 47.4 Å². The molecule has 15 heteroatoms. The minimum Gasteiger partial charge on any atom is -0.497 e. The molecular weight excluding hydrogens is 630 g/mol. The second-order valence-electron chi connectivity index (χ2n) is 10.2. The van der Waals surface area contributed by atoms with Crippen LogP contribution in [0.5, 0.6) is 5.75 Å². The van der Waals surface area contributed by atoms with Crippen molar-refractivity contribution in [2.24, 2.45) is 0 Å². The number of rotatable bonds is 10. The Hall–Kier alpha value is -3.01. The number of amides is 2. The maximum Gasteiger partial charge on any atom is 0.409 e. The van der Waals surface area contributed by atoms with Gasteiger partial charge in [-0.3, -0.25) is 14.6 Å². The molecule has 0 aliphatic carbocycles. The summed E-state index contributed by atoms with van der Waals surface area (Å²) in [4.78, 5) is 36.2. The minimum atomic E-state index is -3.80. The van der Waals surface area contributed by atoms with E-state index in [0.717, 1.165) is 36.3 Å². The Bertz CT molecular complexity index is 1520. The second-order valence-corrected chi connectivity index (χ2v) is 13.2. The van der Waals surface area contributed by atoms with E-state index in [-0.39, 0.29) is 56.0 Å². The lowest BCUT2D eigenvalue weighted by Crippen LogP contribution is -2.50. The molecule has 2 saturated heterocycles. The van der Waals surface area contributed by atoms with Crippen molar-refractivity contribution in [2.75, 3.05) is 84.2 Å². The molecule has 1 aromatic heterocycles. The highest BCUT2D eigenvalue weighted by molar-refractivity contribution is 7.89. The van der Waals surface area contributed by atoms with Crippen LogP contribution in [0.1, 0.15) is 23.7 Å². The Kier molecular flexibility index (Phi) is 11.8. The standard InChI is InChI=1S/C29H37N5O7S2.ClH/c1-3-41-29(36)32-13-15-33(16-14-32)43(37,38)24-8-5-22(6-9-24)27(35)34(12-4-11-31-17-19-40-20-18-31)28-30-25-21-23(39-2)7-10-26(25)42-28;/h5-10,21H,3-4,11-20H2,1-2H3;1H. The zero-order valence-electron chi connectivity index (χ0n) is 24.8. The van der Waals surface area contributed by atoms with Crippen LogP contribution in [0.2, 0.25) is 0 Å². The molecule has 2 aliphatic heterocycles. The first-order valence-electron chi connectivity index (χ1n) is 14.4. The fourth-order valence-electron chi connectivity index (χ4n) is 5.10. The molecule has 0 bridgehead atoms. The highest BCUT2D eigenvalue weighted by atomic mass is 35.5. The van der Waals surface area contributed by atoms with Crippen LogP contribution in [-0.2, 0) is 19.5 Å². The summed E-state index contributed by atoms with van der Waals surface area (Å²) in [5.41, 5.74) is 1.11. The lowest BCUT2D eigenvalue weighted by molar-refractivity contribution is 0.0376. The second kappa shape index (κ2) is 15.3. The van der Waals surface area contributed by atoms with Crippen LogP contribution in [0.3, 0.4) is 0 Å². The quantitative estimate of drug-likeness (QED) is 0.320. The molecule has 2 amide bonds. The van der Waals surface area contributed by atoms with Crippen molar-refractivity contribution in [1.82, 2.24) is 19.1 Å². The van der Waals surface area contributed by atoms with Crippen molar-refractivity contribution in [2.45, 2.75) is 18.2 Å². The van der Waals surface area contributed by atoms with Gasteiger partial charge in [0.2, 0.25) is 10.0 Å². The average Bonchev–Trinajstić information content (AvgIpc) is 3.46. The molecule has 0 unspecified atom stereocenters. The molecule has 2 aromatic carbocycles. The molecule has 2 fully saturated rings. The van der Waals surface area contributed by atoms with E-state index in [4.69, 9.17) is 19.2 Å². The molecular formula is C29H38ClN5O7S2. The van der Waals surface area contributed by atoms with Crippen molar-refractivity contribution < 1.29 is 32.2 Å². The largest absolute Gasteiger partial charge is 0.497 e. The van der Waals surface area contributed by atoms with Gasteiger partial charge in [-0.05, 0) is 49.7 Å². The number of aromatic nitrogens is 1. The molecule has 0 spiro atoms. The number of hydrogen-bond acceptors (Lipinski definition) is 10. The molecule has 3 heterocycles. The SMILES string of the molecule is CCOC(=O)N1CCN(S(=O)(=O)c2ccc(C(=O)N(CCCN3CCOCC3)c3nc4cc(OC)ccc4s3)cc2)CC1.Cl. The minimum absolute atomic E-state index is 0. The summed E-state index contributed by atoms with van der Waals surface area (Å²) >= 11 is 1.43. The highest BCUT2D eigenvalue weighted by Gasteiger charge is 2.31. The van der Waals surface area contributed by atoms with Gasteiger partial charge in [-0.25, -0.2) is 18.2 Å². The van der Waals surface area contributed by atoms with Gasteiger partial charge in [0.25, 0.3) is 5.91 Å². The first-order chi connectivity index (χ1) is 20.8. The van der Waals surface area contributed by atoms with Crippen LogP contribution in [0.4, 0.5) is 9.93 Å². The Morgan fingerprint density at radius 2 is 1.73 bits per heavy atom. The number of carbonyl (C=O) groups excluding carboxylic acids is 2. The Morgan fingerprint density at radius 1 is 1.02 bits per heavy atom. The van der Waals surface area contributed by atoms with Crippen LogP contribution in [-0.4, -0.2) is 119 Å². The van der Waals surface area contributed by atoms with Crippen molar-refractivity contribution in [1.29, 1.82) is 0 Å². The monoisotopic (exact) mass is 667 g/mol. The van der Waals surface area contributed by atoms with Gasteiger partial charge in [0.05, 0.1) is 42.0 Å². The van der Waals surface area contributed by atoms with Crippen molar-refractivity contribution >= 4 is 61.1 Å². The van der Waals surface area contributed by atoms with Gasteiger partial charge >= 0.3 is 6.09 Å². The summed E-state index contributed by atoms with van der Waals surface area (Å²) in [5.74, 6) is 0.439. The highest BCUT2D eigenvalue weighted by Crippen LogP contribution is 2.32. The maximum absolute atomic E-state index is 13.9. The third-order valence-corrected chi connectivity index (χ3v) is 10.5. The number of sulfonamides is 1. The first-order valence-corrected chi connectivity index (χ1v) is 16.6. The number of ether oxygens (including phenoxy) is 3. The number of thiazole rings is 1. The average molecular weight is 668 g/mol. The van der Waals surface area contributed by atoms with Gasteiger partial charge in [-0.1, -0.05) is 11.3 Å². The molecule has 0 atom stereocenters. The molecule has 3 aromatic rings. The summed E-state index contributed by atoms with van der Waals surface area (Å²) in [6.07, 6.45) is 0.305. The first kappa shape index (κ1) is 33.9. The summed E-state index contributed by atoms with van der Waals surface area (Å²) in [6, 6.07) is 11.7. The van der Waals surface area contributed by atoms with Gasteiger partial charge in [0.15, 0.2) is 5.13 Å². The fraction of sp³-hybridized carbons (Fsp3) is 0.483. The van der Waals surface area contributed by atoms with E-state index in [9.17, 15) is 18.0 Å². The van der Waals surface area contributed by atoms with E-state index in [1.807, 2.05) is 18.2 Å². The molecule has 5 rings (SSSR count). The van der Waals surface area contributed by atoms with E-state index in [1.54, 1.807) is 31.1 Å². The molecule has 0 saturated carbocycles. The number of anilines is 1. The zero-order valence-corrected chi connectivity index (χ0v) is 27.3. The predicted molar refractivity (Wildman–Crippen MR) is 171 cm³/mol. The van der Waals surface area contributed by atoms with Gasteiger partial charge in [0.1, 0.15) is 5.75 Å². The van der Waals surface area contributed by atoms with Gasteiger partial charge < -0.3 is 19.1 Å². The van der Waals surface area contributed by atoms with Crippen LogP contribution in [0, 0.1) is 0 Å². The van der Waals surface area contributed by atoms with E-state index >= 15 is 0 Å². The number of nitrogens with zero attached hydrogens (tertiary/aromatic N) is 5. The van der Waals surface area contributed by atoms with Crippen LogP contribution in [0.25, 0.3) is 10.2 Å². The van der Waals surface area contributed by atoms with E-state index in [0.29, 0.717) is 36.2 Å². The smallest absolute Gasteiger partial charge is 0.409 e. The fourth-order valence-corrected chi connectivity index (χ4v) is 7.49. The van der Waals surface area contributed by atoms with E-state index in [1.165, 1.54) is 32.7 Å². The number of piperazine rings is 1. The molecule has 12 nitrogen and oxygen atoms in total. The molecule has 0 N–H and O–H groups in total. The Morgan fingerprint density at radius 3 is 2.39 bits per heavy atom. The Labute approximate surface area is 267 Å². The van der Waals surface area contributed by atoms with Crippen molar-refractivity contribution in [3.05, 3.63) is 48.0 Å². The lowest BCUT2D eigenvalue weighted by Gasteiger charge is -2.33. The van der Waals surface area contributed by atoms with Crippen molar-refractivity contribution in [3.8, 4) is 5.75 Å². The predicted octanol–water partition coefficient (Wildman–Crippen LogP) is 3.56. The number of methoxy groups -OCH3 is 1. The number of benzene rings is 2. The molecule has 0 radical (unpaired) electrons. The molecule has 240 valence electrons. The topological polar surface area (TPSA) is 122 Å². The number of morpholine rings is 1. The maximum atomic E-state index is 13.9. The van der Waals surface area contributed by atoms with E-state index in [2.05, 4.69) is 4.90 Å². The third-order valence-electron chi connectivity index (χ3n) is 7.52. The summed E-state index contributed by atoms with van der Waals surface area (Å²) in [5, 5.41) is 0.575. The van der Waals surface area contributed by atoms with E-state index < -0.39 is 16.1 Å². The third kappa shape index (κ3) is 7.79. The number of carbonyl (C=O) groups is 2.